The van der Waals surface area contributed by atoms with Crippen LogP contribution in [0.4, 0.5) is 5.82 Å². The van der Waals surface area contributed by atoms with Gasteiger partial charge in [-0.05, 0) is 12.1 Å². The number of rotatable bonds is 5. The standard InChI is InChI=1S/C17H14N4O2/c22-17(23)14-10-15(19-11-13-8-4-5-9-18-13)21-16(20-14)12-6-2-1-3-7-12/h1-10H,11H2,(H,22,23)(H,19,20,21). The van der Waals surface area contributed by atoms with Gasteiger partial charge in [0.1, 0.15) is 5.82 Å². The number of aromatic nitrogens is 3. The van der Waals surface area contributed by atoms with Crippen molar-refractivity contribution in [1.29, 1.82) is 0 Å². The summed E-state index contributed by atoms with van der Waals surface area (Å²) in [4.78, 5) is 24.0. The van der Waals surface area contributed by atoms with E-state index in [0.717, 1.165) is 11.3 Å². The van der Waals surface area contributed by atoms with Gasteiger partial charge in [-0.2, -0.15) is 0 Å². The SMILES string of the molecule is O=C(O)c1cc(NCc2ccccn2)nc(-c2ccccc2)n1. The molecule has 2 heterocycles. The lowest BCUT2D eigenvalue weighted by atomic mass is 10.2. The molecule has 3 aromatic rings. The van der Waals surface area contributed by atoms with Gasteiger partial charge in [0, 0.05) is 17.8 Å². The van der Waals surface area contributed by atoms with Crippen LogP contribution in [0.3, 0.4) is 0 Å². The number of nitrogens with zero attached hydrogens (tertiary/aromatic N) is 3. The third-order valence-corrected chi connectivity index (χ3v) is 3.15. The Labute approximate surface area is 132 Å². The second-order valence-electron chi connectivity index (χ2n) is 4.81. The first-order valence-corrected chi connectivity index (χ1v) is 7.04. The fourth-order valence-corrected chi connectivity index (χ4v) is 2.05. The molecule has 0 spiro atoms. The van der Waals surface area contributed by atoms with Gasteiger partial charge in [0.25, 0.3) is 0 Å². The number of anilines is 1. The van der Waals surface area contributed by atoms with E-state index < -0.39 is 5.97 Å². The van der Waals surface area contributed by atoms with E-state index in [2.05, 4.69) is 20.3 Å². The first-order chi connectivity index (χ1) is 11.2. The molecular formula is C17H14N4O2. The summed E-state index contributed by atoms with van der Waals surface area (Å²) in [6.45, 7) is 0.450. The number of pyridine rings is 1. The third-order valence-electron chi connectivity index (χ3n) is 3.15. The van der Waals surface area contributed by atoms with Crippen LogP contribution in [0.5, 0.6) is 0 Å². The minimum atomic E-state index is -1.09. The monoisotopic (exact) mass is 306 g/mol. The summed E-state index contributed by atoms with van der Waals surface area (Å²) in [5, 5.41) is 12.3. The van der Waals surface area contributed by atoms with E-state index in [1.165, 1.54) is 6.07 Å². The predicted octanol–water partition coefficient (Wildman–Crippen LogP) is 2.85. The zero-order chi connectivity index (χ0) is 16.1. The van der Waals surface area contributed by atoms with Gasteiger partial charge in [-0.1, -0.05) is 36.4 Å². The van der Waals surface area contributed by atoms with Crippen molar-refractivity contribution in [3.63, 3.8) is 0 Å². The first kappa shape index (κ1) is 14.6. The van der Waals surface area contributed by atoms with Crippen molar-refractivity contribution in [1.82, 2.24) is 15.0 Å². The molecule has 0 saturated carbocycles. The normalized spacial score (nSPS) is 10.3. The van der Waals surface area contributed by atoms with Gasteiger partial charge >= 0.3 is 5.97 Å². The average Bonchev–Trinajstić information content (AvgIpc) is 2.61. The fraction of sp³-hybridized carbons (Fsp3) is 0.0588. The highest BCUT2D eigenvalue weighted by Gasteiger charge is 2.11. The van der Waals surface area contributed by atoms with E-state index in [0.29, 0.717) is 18.2 Å². The van der Waals surface area contributed by atoms with Gasteiger partial charge in [0.05, 0.1) is 12.2 Å². The zero-order valence-electron chi connectivity index (χ0n) is 12.2. The molecule has 6 heteroatoms. The number of nitrogens with one attached hydrogen (secondary N) is 1. The number of benzene rings is 1. The third kappa shape index (κ3) is 3.68. The number of hydrogen-bond acceptors (Lipinski definition) is 5. The van der Waals surface area contributed by atoms with Gasteiger partial charge < -0.3 is 10.4 Å². The molecular weight excluding hydrogens is 292 g/mol. The van der Waals surface area contributed by atoms with E-state index in [9.17, 15) is 9.90 Å². The van der Waals surface area contributed by atoms with Gasteiger partial charge in [0.15, 0.2) is 11.5 Å². The maximum atomic E-state index is 11.3. The molecule has 0 unspecified atom stereocenters. The van der Waals surface area contributed by atoms with Crippen LogP contribution >= 0.6 is 0 Å². The number of carboxylic acids is 1. The maximum absolute atomic E-state index is 11.3. The van der Waals surface area contributed by atoms with E-state index in [1.54, 1.807) is 6.20 Å². The van der Waals surface area contributed by atoms with Crippen molar-refractivity contribution in [2.24, 2.45) is 0 Å². The topological polar surface area (TPSA) is 88.0 Å². The largest absolute Gasteiger partial charge is 0.477 e. The second-order valence-corrected chi connectivity index (χ2v) is 4.81. The van der Waals surface area contributed by atoms with Crippen LogP contribution in [0.1, 0.15) is 16.2 Å². The lowest BCUT2D eigenvalue weighted by Crippen LogP contribution is -2.08. The number of hydrogen-bond donors (Lipinski definition) is 2. The molecule has 0 aliphatic heterocycles. The average molecular weight is 306 g/mol. The van der Waals surface area contributed by atoms with E-state index >= 15 is 0 Å². The number of carbonyl (C=O) groups is 1. The molecule has 2 N–H and O–H groups in total. The summed E-state index contributed by atoms with van der Waals surface area (Å²) >= 11 is 0. The fourth-order valence-electron chi connectivity index (χ4n) is 2.05. The van der Waals surface area contributed by atoms with Crippen molar-refractivity contribution in [3.8, 4) is 11.4 Å². The van der Waals surface area contributed by atoms with Gasteiger partial charge in [-0.25, -0.2) is 14.8 Å². The molecule has 6 nitrogen and oxygen atoms in total. The molecule has 0 fully saturated rings. The zero-order valence-corrected chi connectivity index (χ0v) is 12.2. The van der Waals surface area contributed by atoms with Crippen LogP contribution in [0.2, 0.25) is 0 Å². The van der Waals surface area contributed by atoms with Gasteiger partial charge in [-0.3, -0.25) is 4.98 Å². The molecule has 0 aliphatic rings. The van der Waals surface area contributed by atoms with Crippen molar-refractivity contribution >= 4 is 11.8 Å². The van der Waals surface area contributed by atoms with E-state index in [1.807, 2.05) is 48.5 Å². The van der Waals surface area contributed by atoms with Crippen LogP contribution in [-0.2, 0) is 6.54 Å². The van der Waals surface area contributed by atoms with Crippen molar-refractivity contribution in [3.05, 3.63) is 72.2 Å². The molecule has 0 bridgehead atoms. The summed E-state index contributed by atoms with van der Waals surface area (Å²) in [6.07, 6.45) is 1.70. The van der Waals surface area contributed by atoms with Crippen molar-refractivity contribution in [2.75, 3.05) is 5.32 Å². The minimum Gasteiger partial charge on any atom is -0.477 e. The van der Waals surface area contributed by atoms with Gasteiger partial charge in [-0.15, -0.1) is 0 Å². The lowest BCUT2D eigenvalue weighted by Gasteiger charge is -2.08. The van der Waals surface area contributed by atoms with E-state index in [4.69, 9.17) is 0 Å². The molecule has 0 amide bonds. The first-order valence-electron chi connectivity index (χ1n) is 7.04. The maximum Gasteiger partial charge on any atom is 0.354 e. The molecule has 0 radical (unpaired) electrons. The quantitative estimate of drug-likeness (QED) is 0.753. The smallest absolute Gasteiger partial charge is 0.354 e. The highest BCUT2D eigenvalue weighted by molar-refractivity contribution is 5.87. The highest BCUT2D eigenvalue weighted by Crippen LogP contribution is 2.18. The summed E-state index contributed by atoms with van der Waals surface area (Å²) < 4.78 is 0. The molecule has 3 rings (SSSR count). The van der Waals surface area contributed by atoms with Crippen molar-refractivity contribution in [2.45, 2.75) is 6.54 Å². The molecule has 0 aliphatic carbocycles. The summed E-state index contributed by atoms with van der Waals surface area (Å²) in [6, 6.07) is 16.3. The molecule has 2 aromatic heterocycles. The molecule has 0 atom stereocenters. The summed E-state index contributed by atoms with van der Waals surface area (Å²) in [5.41, 5.74) is 1.54. The van der Waals surface area contributed by atoms with E-state index in [-0.39, 0.29) is 5.69 Å². The van der Waals surface area contributed by atoms with Crippen LogP contribution in [0.25, 0.3) is 11.4 Å². The Morgan fingerprint density at radius 3 is 2.52 bits per heavy atom. The van der Waals surface area contributed by atoms with Crippen LogP contribution in [-0.4, -0.2) is 26.0 Å². The Morgan fingerprint density at radius 1 is 1.04 bits per heavy atom. The van der Waals surface area contributed by atoms with Crippen molar-refractivity contribution < 1.29 is 9.90 Å². The Kier molecular flexibility index (Phi) is 4.24. The van der Waals surface area contributed by atoms with Crippen LogP contribution in [0.15, 0.2) is 60.8 Å². The Hall–Kier alpha value is -3.28. The number of carboxylic acid groups (broad SMARTS) is 1. The molecule has 23 heavy (non-hydrogen) atoms. The summed E-state index contributed by atoms with van der Waals surface area (Å²) in [5.74, 6) is -0.276. The highest BCUT2D eigenvalue weighted by atomic mass is 16.4. The summed E-state index contributed by atoms with van der Waals surface area (Å²) in [7, 11) is 0. The predicted molar refractivity (Wildman–Crippen MR) is 86.0 cm³/mol. The Morgan fingerprint density at radius 2 is 1.83 bits per heavy atom. The Balaban J connectivity index is 1.90. The second kappa shape index (κ2) is 6.65. The lowest BCUT2D eigenvalue weighted by molar-refractivity contribution is 0.0690. The molecule has 1 aromatic carbocycles. The number of aromatic carboxylic acids is 1. The van der Waals surface area contributed by atoms with Crippen LogP contribution < -0.4 is 5.32 Å². The minimum absolute atomic E-state index is 0.0534. The van der Waals surface area contributed by atoms with Gasteiger partial charge in [0.2, 0.25) is 0 Å². The molecule has 114 valence electrons. The Bertz CT molecular complexity index is 807. The van der Waals surface area contributed by atoms with Crippen LogP contribution in [0, 0.1) is 0 Å². The molecule has 0 saturated heterocycles.